The fraction of sp³-hybridized carbons (Fsp3) is 0.478. The first-order valence-corrected chi connectivity index (χ1v) is 11.8. The number of carbonyl (C=O) groups is 5. The Hall–Kier alpha value is -4.44. The van der Waals surface area contributed by atoms with Gasteiger partial charge in [-0.2, -0.15) is 0 Å². The molecule has 0 saturated heterocycles. The Balaban J connectivity index is 3.10. The van der Waals surface area contributed by atoms with Gasteiger partial charge in [-0.3, -0.25) is 24.2 Å². The predicted molar refractivity (Wildman–Crippen MR) is 137 cm³/mol. The number of amides is 3. The van der Waals surface area contributed by atoms with Gasteiger partial charge in [0, 0.05) is 13.0 Å². The third-order valence-electron chi connectivity index (χ3n) is 5.37. The third kappa shape index (κ3) is 12.1. The second-order valence-electron chi connectivity index (χ2n) is 8.71. The maximum atomic E-state index is 13.2. The van der Waals surface area contributed by atoms with Crippen LogP contribution in [0.4, 0.5) is 0 Å². The molecule has 0 heterocycles. The van der Waals surface area contributed by atoms with E-state index in [0.29, 0.717) is 12.0 Å². The van der Waals surface area contributed by atoms with Crippen LogP contribution in [0.25, 0.3) is 0 Å². The summed E-state index contributed by atoms with van der Waals surface area (Å²) < 4.78 is 0. The van der Waals surface area contributed by atoms with Crippen LogP contribution in [-0.4, -0.2) is 92.9 Å². The number of nitrogens with zero attached hydrogens (tertiary/aromatic N) is 1. The van der Waals surface area contributed by atoms with Gasteiger partial charge in [-0.25, -0.2) is 4.79 Å². The number of hydrogen-bond acceptors (Lipinski definition) is 9. The molecule has 1 aromatic rings. The Kier molecular flexibility index (Phi) is 13.1. The summed E-state index contributed by atoms with van der Waals surface area (Å²) in [5.41, 5.74) is 16.9. The highest BCUT2D eigenvalue weighted by Gasteiger charge is 2.33. The zero-order valence-electron chi connectivity index (χ0n) is 21.2. The lowest BCUT2D eigenvalue weighted by Gasteiger charge is -2.25. The van der Waals surface area contributed by atoms with Gasteiger partial charge in [0.15, 0.2) is 12.0 Å². The monoisotopic (exact) mass is 553 g/mol. The van der Waals surface area contributed by atoms with Crippen molar-refractivity contribution < 1.29 is 44.4 Å². The lowest BCUT2D eigenvalue weighted by atomic mass is 10.0. The summed E-state index contributed by atoms with van der Waals surface area (Å²) in [6.07, 6.45) is -2.06. The number of guanidine groups is 1. The standard InChI is InChI=1S/C23H35N7O9/c1-11(31)18(22(38)39)30-21(37)16(10-17(33)34)29-20(36)15(9-12-4-6-13(32)7-5-12)28-19(35)14(24)3-2-8-27-23(25)26/h4-7,11,14-16,18,31-32H,2-3,8-10,24H2,1H3,(H,28,35)(H,29,36)(H,30,37)(H,33,34)(H,38,39)(H4,25,26,27). The van der Waals surface area contributed by atoms with Crippen LogP contribution < -0.4 is 33.2 Å². The molecule has 16 nitrogen and oxygen atoms in total. The number of carboxylic acid groups (broad SMARTS) is 2. The molecule has 16 heteroatoms. The molecule has 216 valence electrons. The van der Waals surface area contributed by atoms with Gasteiger partial charge in [-0.15, -0.1) is 0 Å². The number of phenolic OH excluding ortho intramolecular Hbond substituents is 1. The molecule has 0 fully saturated rings. The molecule has 0 saturated carbocycles. The molecule has 5 atom stereocenters. The number of aliphatic hydroxyl groups excluding tert-OH is 1. The number of aliphatic imine (C=N–C) groups is 1. The number of rotatable bonds is 16. The highest BCUT2D eigenvalue weighted by molar-refractivity contribution is 5.95. The minimum absolute atomic E-state index is 0.0455. The number of hydrogen-bond donors (Lipinski definition) is 10. The van der Waals surface area contributed by atoms with Gasteiger partial charge in [0.2, 0.25) is 17.7 Å². The van der Waals surface area contributed by atoms with Crippen LogP contribution in [0.2, 0.25) is 0 Å². The first-order chi connectivity index (χ1) is 18.2. The minimum Gasteiger partial charge on any atom is -0.508 e. The molecule has 0 aliphatic heterocycles. The molecular formula is C23H35N7O9. The fourth-order valence-corrected chi connectivity index (χ4v) is 3.30. The van der Waals surface area contributed by atoms with Gasteiger partial charge in [0.25, 0.3) is 0 Å². The molecule has 1 rings (SSSR count). The molecule has 0 aliphatic rings. The lowest BCUT2D eigenvalue weighted by Crippen LogP contribution is -2.59. The second kappa shape index (κ2) is 15.7. The summed E-state index contributed by atoms with van der Waals surface area (Å²) in [6.45, 7) is 1.32. The number of benzene rings is 1. The van der Waals surface area contributed by atoms with Crippen molar-refractivity contribution in [3.05, 3.63) is 29.8 Å². The molecule has 13 N–H and O–H groups in total. The van der Waals surface area contributed by atoms with Crippen LogP contribution in [0.5, 0.6) is 5.75 Å². The van der Waals surface area contributed by atoms with Gasteiger partial charge in [-0.05, 0) is 37.5 Å². The number of carboxylic acids is 2. The maximum Gasteiger partial charge on any atom is 0.328 e. The lowest BCUT2D eigenvalue weighted by molar-refractivity contribution is -0.146. The summed E-state index contributed by atoms with van der Waals surface area (Å²) >= 11 is 0. The molecule has 0 bridgehead atoms. The molecule has 0 aromatic heterocycles. The Morgan fingerprint density at radius 3 is 2.00 bits per heavy atom. The average Bonchev–Trinajstić information content (AvgIpc) is 2.84. The number of aliphatic hydroxyl groups is 1. The Labute approximate surface area is 223 Å². The fourth-order valence-electron chi connectivity index (χ4n) is 3.30. The highest BCUT2D eigenvalue weighted by Crippen LogP contribution is 2.12. The normalized spacial score (nSPS) is 14.5. The van der Waals surface area contributed by atoms with Gasteiger partial charge in [0.1, 0.15) is 17.8 Å². The number of nitrogens with one attached hydrogen (secondary N) is 3. The smallest absolute Gasteiger partial charge is 0.328 e. The van der Waals surface area contributed by atoms with Crippen LogP contribution in [0.1, 0.15) is 31.7 Å². The SMILES string of the molecule is CC(O)C(NC(=O)C(CC(=O)O)NC(=O)C(Cc1ccc(O)cc1)NC(=O)C(N)CCCN=C(N)N)C(=O)O. The summed E-state index contributed by atoms with van der Waals surface area (Å²) in [7, 11) is 0. The topological polar surface area (TPSA) is 293 Å². The molecule has 0 radical (unpaired) electrons. The van der Waals surface area contributed by atoms with Crippen molar-refractivity contribution in [2.75, 3.05) is 6.54 Å². The second-order valence-corrected chi connectivity index (χ2v) is 8.71. The molecular weight excluding hydrogens is 518 g/mol. The summed E-state index contributed by atoms with van der Waals surface area (Å²) in [4.78, 5) is 65.0. The zero-order valence-corrected chi connectivity index (χ0v) is 21.2. The minimum atomic E-state index is -1.77. The predicted octanol–water partition coefficient (Wildman–Crippen LogP) is -3.29. The van der Waals surface area contributed by atoms with Crippen LogP contribution in [0.3, 0.4) is 0 Å². The Morgan fingerprint density at radius 2 is 1.49 bits per heavy atom. The van der Waals surface area contributed by atoms with Crippen LogP contribution in [-0.2, 0) is 30.4 Å². The van der Waals surface area contributed by atoms with Gasteiger partial charge in [0.05, 0.1) is 18.6 Å². The third-order valence-corrected chi connectivity index (χ3v) is 5.37. The van der Waals surface area contributed by atoms with Crippen molar-refractivity contribution in [3.63, 3.8) is 0 Å². The summed E-state index contributed by atoms with van der Waals surface area (Å²) in [5.74, 6) is -6.10. The van der Waals surface area contributed by atoms with E-state index in [1.165, 1.54) is 24.3 Å². The molecule has 5 unspecified atom stereocenters. The van der Waals surface area contributed by atoms with E-state index in [4.69, 9.17) is 17.2 Å². The molecule has 0 aliphatic carbocycles. The van der Waals surface area contributed by atoms with Crippen molar-refractivity contribution in [1.29, 1.82) is 0 Å². The van der Waals surface area contributed by atoms with Gasteiger partial charge >= 0.3 is 11.9 Å². The Morgan fingerprint density at radius 1 is 0.923 bits per heavy atom. The van der Waals surface area contributed by atoms with E-state index < -0.39 is 66.4 Å². The molecule has 0 spiro atoms. The van der Waals surface area contributed by atoms with E-state index in [1.807, 2.05) is 5.32 Å². The number of aromatic hydroxyl groups is 1. The number of carbonyl (C=O) groups excluding carboxylic acids is 3. The van der Waals surface area contributed by atoms with E-state index in [-0.39, 0.29) is 31.1 Å². The summed E-state index contributed by atoms with van der Waals surface area (Å²) in [5, 5.41) is 44.2. The van der Waals surface area contributed by atoms with Crippen molar-refractivity contribution >= 4 is 35.6 Å². The Bertz CT molecular complexity index is 1040. The number of nitrogens with two attached hydrogens (primary N) is 3. The highest BCUT2D eigenvalue weighted by atomic mass is 16.4. The summed E-state index contributed by atoms with van der Waals surface area (Å²) in [6, 6.07) is -0.249. The van der Waals surface area contributed by atoms with Crippen molar-refractivity contribution in [2.45, 2.75) is 62.9 Å². The van der Waals surface area contributed by atoms with Crippen molar-refractivity contribution in [1.82, 2.24) is 16.0 Å². The van der Waals surface area contributed by atoms with E-state index in [2.05, 4.69) is 15.6 Å². The molecule has 39 heavy (non-hydrogen) atoms. The molecule has 3 amide bonds. The van der Waals surface area contributed by atoms with Gasteiger partial charge < -0.3 is 53.6 Å². The quantitative estimate of drug-likeness (QED) is 0.0547. The number of aliphatic carboxylic acids is 2. The van der Waals surface area contributed by atoms with Crippen molar-refractivity contribution in [2.24, 2.45) is 22.2 Å². The van der Waals surface area contributed by atoms with Crippen LogP contribution in [0, 0.1) is 0 Å². The van der Waals surface area contributed by atoms with Gasteiger partial charge in [-0.1, -0.05) is 12.1 Å². The van der Waals surface area contributed by atoms with Crippen LogP contribution >= 0.6 is 0 Å². The average molecular weight is 554 g/mol. The van der Waals surface area contributed by atoms with Crippen LogP contribution in [0.15, 0.2) is 29.3 Å². The zero-order chi connectivity index (χ0) is 29.7. The van der Waals surface area contributed by atoms with E-state index in [9.17, 15) is 44.4 Å². The van der Waals surface area contributed by atoms with E-state index >= 15 is 0 Å². The van der Waals surface area contributed by atoms with E-state index in [1.54, 1.807) is 0 Å². The maximum absolute atomic E-state index is 13.2. The number of phenols is 1. The first-order valence-electron chi connectivity index (χ1n) is 11.8. The molecule has 1 aromatic carbocycles. The first kappa shape index (κ1) is 32.6. The van der Waals surface area contributed by atoms with Crippen molar-refractivity contribution in [3.8, 4) is 5.75 Å². The largest absolute Gasteiger partial charge is 0.508 e. The van der Waals surface area contributed by atoms with E-state index in [0.717, 1.165) is 6.92 Å².